The predicted molar refractivity (Wildman–Crippen MR) is 142 cm³/mol. The average Bonchev–Trinajstić information content (AvgIpc) is 2.91. The van der Waals surface area contributed by atoms with Gasteiger partial charge in [-0.05, 0) is 61.9 Å². The van der Waals surface area contributed by atoms with Gasteiger partial charge in [-0.1, -0.05) is 50.1 Å². The van der Waals surface area contributed by atoms with Gasteiger partial charge in [-0.15, -0.1) is 0 Å². The van der Waals surface area contributed by atoms with Crippen molar-refractivity contribution in [3.05, 3.63) is 59.7 Å². The SMILES string of the molecule is CCCCC(NC(=O)Cc1ccc(OC(C(=O)O)C(=O)OCC)cc1)c1ccccc1N1CCCCC1. The van der Waals surface area contributed by atoms with Gasteiger partial charge in [0.05, 0.1) is 19.1 Å². The van der Waals surface area contributed by atoms with E-state index in [2.05, 4.69) is 35.3 Å². The zero-order valence-electron chi connectivity index (χ0n) is 21.8. The number of rotatable bonds is 13. The molecule has 1 heterocycles. The molecule has 1 aliphatic rings. The quantitative estimate of drug-likeness (QED) is 0.298. The molecule has 8 heteroatoms. The summed E-state index contributed by atoms with van der Waals surface area (Å²) in [4.78, 5) is 38.7. The van der Waals surface area contributed by atoms with E-state index in [0.29, 0.717) is 0 Å². The number of carboxylic acids is 1. The molecule has 37 heavy (non-hydrogen) atoms. The Labute approximate surface area is 219 Å². The lowest BCUT2D eigenvalue weighted by molar-refractivity contribution is -0.162. The summed E-state index contributed by atoms with van der Waals surface area (Å²) in [6.45, 7) is 5.88. The lowest BCUT2D eigenvalue weighted by Gasteiger charge is -2.33. The van der Waals surface area contributed by atoms with Crippen LogP contribution in [0.15, 0.2) is 48.5 Å². The molecule has 2 aromatic rings. The van der Waals surface area contributed by atoms with Gasteiger partial charge in [-0.25, -0.2) is 9.59 Å². The first-order valence-corrected chi connectivity index (χ1v) is 13.2. The van der Waals surface area contributed by atoms with Gasteiger partial charge < -0.3 is 24.8 Å². The number of amides is 1. The molecule has 2 unspecified atom stereocenters. The molecule has 8 nitrogen and oxygen atoms in total. The number of carbonyl (C=O) groups is 3. The second kappa shape index (κ2) is 14.3. The van der Waals surface area contributed by atoms with Crippen molar-refractivity contribution >= 4 is 23.5 Å². The Bertz CT molecular complexity index is 1030. The summed E-state index contributed by atoms with van der Waals surface area (Å²) in [5.74, 6) is -2.26. The molecule has 0 radical (unpaired) electrons. The largest absolute Gasteiger partial charge is 0.478 e. The lowest BCUT2D eigenvalue weighted by Crippen LogP contribution is -2.37. The summed E-state index contributed by atoms with van der Waals surface area (Å²) in [5, 5.41) is 12.5. The van der Waals surface area contributed by atoms with E-state index in [4.69, 9.17) is 9.47 Å². The van der Waals surface area contributed by atoms with Crippen molar-refractivity contribution < 1.29 is 29.0 Å². The zero-order valence-corrected chi connectivity index (χ0v) is 21.8. The van der Waals surface area contributed by atoms with Crippen molar-refractivity contribution in [1.82, 2.24) is 5.32 Å². The fourth-order valence-electron chi connectivity index (χ4n) is 4.59. The van der Waals surface area contributed by atoms with Crippen LogP contribution in [-0.2, 0) is 25.5 Å². The average molecular weight is 511 g/mol. The molecule has 1 saturated heterocycles. The number of ether oxygens (including phenoxy) is 2. The third kappa shape index (κ3) is 8.23. The van der Waals surface area contributed by atoms with Crippen molar-refractivity contribution in [1.29, 1.82) is 0 Å². The van der Waals surface area contributed by atoms with Crippen molar-refractivity contribution in [2.24, 2.45) is 0 Å². The van der Waals surface area contributed by atoms with E-state index in [-0.39, 0.29) is 30.7 Å². The highest BCUT2D eigenvalue weighted by Crippen LogP contribution is 2.31. The summed E-state index contributed by atoms with van der Waals surface area (Å²) in [6, 6.07) is 14.8. The number of anilines is 1. The molecular weight excluding hydrogens is 472 g/mol. The van der Waals surface area contributed by atoms with Crippen LogP contribution in [0.25, 0.3) is 0 Å². The summed E-state index contributed by atoms with van der Waals surface area (Å²) in [7, 11) is 0. The fourth-order valence-corrected chi connectivity index (χ4v) is 4.59. The number of piperidine rings is 1. The Morgan fingerprint density at radius 2 is 1.70 bits per heavy atom. The summed E-state index contributed by atoms with van der Waals surface area (Å²) in [5.41, 5.74) is 3.12. The molecule has 0 bridgehead atoms. The lowest BCUT2D eigenvalue weighted by atomic mass is 9.97. The van der Waals surface area contributed by atoms with Gasteiger partial charge in [-0.2, -0.15) is 0 Å². The zero-order chi connectivity index (χ0) is 26.6. The van der Waals surface area contributed by atoms with Gasteiger partial charge in [0.2, 0.25) is 5.91 Å². The number of nitrogens with one attached hydrogen (secondary N) is 1. The number of carboxylic acid groups (broad SMARTS) is 1. The molecule has 200 valence electrons. The number of nitrogens with zero attached hydrogens (tertiary/aromatic N) is 1. The highest BCUT2D eigenvalue weighted by Gasteiger charge is 2.30. The normalized spacial score (nSPS) is 14.9. The smallest absolute Gasteiger partial charge is 0.359 e. The van der Waals surface area contributed by atoms with Gasteiger partial charge in [0.1, 0.15) is 5.75 Å². The molecule has 1 aliphatic heterocycles. The van der Waals surface area contributed by atoms with E-state index in [1.165, 1.54) is 24.9 Å². The molecule has 2 N–H and O–H groups in total. The molecule has 1 amide bonds. The maximum absolute atomic E-state index is 13.1. The predicted octanol–water partition coefficient (Wildman–Crippen LogP) is 4.66. The molecule has 0 aliphatic carbocycles. The Morgan fingerprint density at radius 1 is 1.00 bits per heavy atom. The fraction of sp³-hybridized carbons (Fsp3) is 0.483. The third-order valence-electron chi connectivity index (χ3n) is 6.46. The molecule has 0 spiro atoms. The Morgan fingerprint density at radius 3 is 2.35 bits per heavy atom. The first-order valence-electron chi connectivity index (χ1n) is 13.2. The van der Waals surface area contributed by atoms with Crippen LogP contribution in [-0.4, -0.2) is 48.8 Å². The molecule has 1 fully saturated rings. The number of carbonyl (C=O) groups excluding carboxylic acids is 2. The third-order valence-corrected chi connectivity index (χ3v) is 6.46. The maximum Gasteiger partial charge on any atom is 0.359 e. The van der Waals surface area contributed by atoms with Crippen LogP contribution in [0.4, 0.5) is 5.69 Å². The van der Waals surface area contributed by atoms with Crippen LogP contribution in [0.1, 0.15) is 69.5 Å². The number of aliphatic carboxylic acids is 1. The highest BCUT2D eigenvalue weighted by atomic mass is 16.6. The minimum Gasteiger partial charge on any atom is -0.478 e. The van der Waals surface area contributed by atoms with E-state index >= 15 is 0 Å². The Kier molecular flexibility index (Phi) is 10.8. The van der Waals surface area contributed by atoms with Gasteiger partial charge in [-0.3, -0.25) is 4.79 Å². The summed E-state index contributed by atoms with van der Waals surface area (Å²) >= 11 is 0. The van der Waals surface area contributed by atoms with Gasteiger partial charge in [0, 0.05) is 18.8 Å². The van der Waals surface area contributed by atoms with Crippen LogP contribution in [0.2, 0.25) is 0 Å². The number of hydrogen-bond donors (Lipinski definition) is 2. The van der Waals surface area contributed by atoms with E-state index in [1.54, 1.807) is 31.2 Å². The standard InChI is InChI=1S/C29H38N2O6/c1-3-5-12-24(23-11-7-8-13-25(23)31-18-9-6-10-19-31)30-26(32)20-21-14-16-22(17-15-21)37-27(28(33)34)29(35)36-4-2/h7-8,11,13-17,24,27H,3-6,9-10,12,18-20H2,1-2H3,(H,30,32)(H,33,34). The summed E-state index contributed by atoms with van der Waals surface area (Å²) < 4.78 is 10.1. The number of para-hydroxylation sites is 1. The van der Waals surface area contributed by atoms with Crippen LogP contribution in [0.5, 0.6) is 5.75 Å². The molecule has 2 atom stereocenters. The Balaban J connectivity index is 1.67. The van der Waals surface area contributed by atoms with Gasteiger partial charge in [0.15, 0.2) is 0 Å². The van der Waals surface area contributed by atoms with Crippen LogP contribution >= 0.6 is 0 Å². The topological polar surface area (TPSA) is 105 Å². The van der Waals surface area contributed by atoms with E-state index in [9.17, 15) is 19.5 Å². The van der Waals surface area contributed by atoms with E-state index in [0.717, 1.165) is 43.5 Å². The molecular formula is C29H38N2O6. The molecule has 0 saturated carbocycles. The first-order chi connectivity index (χ1) is 17.9. The summed E-state index contributed by atoms with van der Waals surface area (Å²) in [6.07, 6.45) is 4.99. The molecule has 3 rings (SSSR count). The van der Waals surface area contributed by atoms with Crippen molar-refractivity contribution in [3.63, 3.8) is 0 Å². The first kappa shape index (κ1) is 28.0. The monoisotopic (exact) mass is 510 g/mol. The second-order valence-electron chi connectivity index (χ2n) is 9.28. The van der Waals surface area contributed by atoms with Gasteiger partial charge >= 0.3 is 11.9 Å². The minimum atomic E-state index is -1.74. The van der Waals surface area contributed by atoms with Crippen LogP contribution < -0.4 is 15.0 Å². The molecule has 2 aromatic carbocycles. The van der Waals surface area contributed by atoms with Crippen molar-refractivity contribution in [2.45, 2.75) is 70.9 Å². The number of unbranched alkanes of at least 4 members (excludes halogenated alkanes) is 1. The van der Waals surface area contributed by atoms with Crippen LogP contribution in [0, 0.1) is 0 Å². The number of hydrogen-bond acceptors (Lipinski definition) is 6. The van der Waals surface area contributed by atoms with Crippen molar-refractivity contribution in [3.8, 4) is 5.75 Å². The van der Waals surface area contributed by atoms with E-state index in [1.807, 2.05) is 6.07 Å². The minimum absolute atomic E-state index is 0.0573. The molecule has 0 aromatic heterocycles. The number of esters is 1. The second-order valence-corrected chi connectivity index (χ2v) is 9.28. The van der Waals surface area contributed by atoms with Crippen molar-refractivity contribution in [2.75, 3.05) is 24.6 Å². The van der Waals surface area contributed by atoms with E-state index < -0.39 is 18.0 Å². The maximum atomic E-state index is 13.1. The number of benzene rings is 2. The van der Waals surface area contributed by atoms with Gasteiger partial charge in [0.25, 0.3) is 6.10 Å². The Hall–Kier alpha value is -3.55. The van der Waals surface area contributed by atoms with Crippen LogP contribution in [0.3, 0.4) is 0 Å². The highest BCUT2D eigenvalue weighted by molar-refractivity contribution is 5.97.